The van der Waals surface area contributed by atoms with E-state index in [-0.39, 0.29) is 28.2 Å². The number of benzene rings is 1. The van der Waals surface area contributed by atoms with Gasteiger partial charge in [0.05, 0.1) is 23.0 Å². The number of piperazine rings is 1. The van der Waals surface area contributed by atoms with E-state index in [0.717, 1.165) is 43.3 Å². The Morgan fingerprint density at radius 3 is 2.70 bits per heavy atom. The smallest absolute Gasteiger partial charge is 0.241 e. The van der Waals surface area contributed by atoms with Gasteiger partial charge in [-0.25, -0.2) is 0 Å². The van der Waals surface area contributed by atoms with Crippen LogP contribution < -0.4 is 10.1 Å². The molecule has 1 aromatic carbocycles. The lowest BCUT2D eigenvalue weighted by molar-refractivity contribution is -0.164. The second-order valence-electron chi connectivity index (χ2n) is 12.6. The van der Waals surface area contributed by atoms with Crippen LogP contribution in [0.2, 0.25) is 0 Å². The normalized spacial score (nSPS) is 37.7. The molecule has 6 heteroatoms. The summed E-state index contributed by atoms with van der Waals surface area (Å²) in [5.74, 6) is 1.78. The van der Waals surface area contributed by atoms with E-state index in [1.165, 1.54) is 11.3 Å². The number of hydrogen-bond acceptors (Lipinski definition) is 4. The highest BCUT2D eigenvalue weighted by atomic mass is 16.5. The molecule has 1 amide bonds. The number of nitrogens with zero attached hydrogens (tertiary/aromatic N) is 1. The summed E-state index contributed by atoms with van der Waals surface area (Å²) in [6.07, 6.45) is 3.19. The molecule has 6 heterocycles. The number of piperidine rings is 2. The zero-order valence-electron chi connectivity index (χ0n) is 20.2. The average Bonchev–Trinajstić information content (AvgIpc) is 3.24. The van der Waals surface area contributed by atoms with E-state index in [0.29, 0.717) is 29.6 Å². The quantitative estimate of drug-likeness (QED) is 0.646. The van der Waals surface area contributed by atoms with Gasteiger partial charge in [0.2, 0.25) is 5.91 Å². The lowest BCUT2D eigenvalue weighted by atomic mass is 9.51. The molecule has 4 fully saturated rings. The molecule has 4 saturated heterocycles. The van der Waals surface area contributed by atoms with Gasteiger partial charge in [0.1, 0.15) is 16.9 Å². The van der Waals surface area contributed by atoms with Crippen LogP contribution in [0.1, 0.15) is 75.5 Å². The zero-order chi connectivity index (χ0) is 23.1. The topological polar surface area (TPSA) is 74.4 Å². The van der Waals surface area contributed by atoms with E-state index in [1.54, 1.807) is 0 Å². The van der Waals surface area contributed by atoms with Crippen molar-refractivity contribution in [2.45, 2.75) is 82.4 Å². The first-order chi connectivity index (χ1) is 15.5. The Morgan fingerprint density at radius 2 is 1.91 bits per heavy atom. The summed E-state index contributed by atoms with van der Waals surface area (Å²) in [5.41, 5.74) is 2.85. The number of fused-ring (bicyclic) bond motifs is 6. The van der Waals surface area contributed by atoms with Crippen molar-refractivity contribution in [3.63, 3.8) is 0 Å². The Hall–Kier alpha value is -2.34. The van der Waals surface area contributed by atoms with Crippen LogP contribution in [-0.2, 0) is 16.6 Å². The number of Topliss-reactive ketones (excluding diaryl/α,β-unsaturated/α-hetero) is 1. The SMILES string of the molecule is C[C@H]1CCN2CC34Cc5c([nH]c6c7c(ccc56)OC(C)(C)CC7=O)C(C)(C)[C@@H]3C[C@]12C(=O)N4. The predicted molar refractivity (Wildman–Crippen MR) is 126 cm³/mol. The lowest BCUT2D eigenvalue weighted by Gasteiger charge is -2.66. The molecule has 8 rings (SSSR count). The molecule has 33 heavy (non-hydrogen) atoms. The minimum atomic E-state index is -0.484. The van der Waals surface area contributed by atoms with Crippen molar-refractivity contribution in [2.24, 2.45) is 11.8 Å². The number of aromatic nitrogens is 1. The van der Waals surface area contributed by atoms with Crippen molar-refractivity contribution in [3.05, 3.63) is 29.0 Å². The zero-order valence-corrected chi connectivity index (χ0v) is 20.2. The van der Waals surface area contributed by atoms with E-state index in [1.807, 2.05) is 19.9 Å². The molecule has 5 aliphatic heterocycles. The van der Waals surface area contributed by atoms with Crippen molar-refractivity contribution >= 4 is 22.6 Å². The van der Waals surface area contributed by atoms with Crippen LogP contribution in [0.3, 0.4) is 0 Å². The van der Waals surface area contributed by atoms with Crippen LogP contribution in [0.25, 0.3) is 10.9 Å². The Balaban J connectivity index is 1.43. The number of hydrogen-bond donors (Lipinski definition) is 2. The molecule has 0 radical (unpaired) electrons. The van der Waals surface area contributed by atoms with Crippen molar-refractivity contribution < 1.29 is 14.3 Å². The van der Waals surface area contributed by atoms with Gasteiger partial charge in [0, 0.05) is 23.0 Å². The van der Waals surface area contributed by atoms with E-state index in [2.05, 4.69) is 42.0 Å². The molecule has 1 aliphatic carbocycles. The molecular formula is C27H33N3O3. The molecule has 1 aromatic heterocycles. The number of H-pyrrole nitrogens is 1. The van der Waals surface area contributed by atoms with Gasteiger partial charge in [-0.2, -0.15) is 0 Å². The van der Waals surface area contributed by atoms with Crippen molar-refractivity contribution in [1.82, 2.24) is 15.2 Å². The molecule has 1 unspecified atom stereocenters. The van der Waals surface area contributed by atoms with E-state index >= 15 is 0 Å². The average molecular weight is 448 g/mol. The number of carbonyl (C=O) groups excluding carboxylic acids is 2. The summed E-state index contributed by atoms with van der Waals surface area (Å²) in [6, 6.07) is 4.08. The Labute approximate surface area is 194 Å². The van der Waals surface area contributed by atoms with Gasteiger partial charge in [-0.1, -0.05) is 20.8 Å². The van der Waals surface area contributed by atoms with Crippen LogP contribution in [-0.4, -0.2) is 51.3 Å². The molecule has 174 valence electrons. The fourth-order valence-electron chi connectivity index (χ4n) is 8.39. The van der Waals surface area contributed by atoms with Gasteiger partial charge >= 0.3 is 0 Å². The molecule has 0 saturated carbocycles. The van der Waals surface area contributed by atoms with E-state index < -0.39 is 5.60 Å². The number of ketones is 1. The first-order valence-corrected chi connectivity index (χ1v) is 12.5. The first-order valence-electron chi connectivity index (χ1n) is 12.5. The van der Waals surface area contributed by atoms with Gasteiger partial charge in [-0.05, 0) is 69.2 Å². The Kier molecular flexibility index (Phi) is 3.44. The molecular weight excluding hydrogens is 414 g/mol. The van der Waals surface area contributed by atoms with Crippen molar-refractivity contribution in [1.29, 1.82) is 0 Å². The maximum absolute atomic E-state index is 13.5. The Bertz CT molecular complexity index is 1270. The predicted octanol–water partition coefficient (Wildman–Crippen LogP) is 3.71. The van der Waals surface area contributed by atoms with Gasteiger partial charge < -0.3 is 15.0 Å². The monoisotopic (exact) mass is 447 g/mol. The molecule has 6 nitrogen and oxygen atoms in total. The van der Waals surface area contributed by atoms with Gasteiger partial charge in [0.15, 0.2) is 5.78 Å². The molecule has 2 N–H and O–H groups in total. The number of nitrogens with one attached hydrogen (secondary N) is 2. The minimum Gasteiger partial charge on any atom is -0.487 e. The van der Waals surface area contributed by atoms with Crippen LogP contribution in [0.4, 0.5) is 0 Å². The summed E-state index contributed by atoms with van der Waals surface area (Å²) < 4.78 is 6.19. The number of ether oxygens (including phenoxy) is 1. The maximum Gasteiger partial charge on any atom is 0.241 e. The summed E-state index contributed by atoms with van der Waals surface area (Å²) in [4.78, 5) is 33.0. The highest BCUT2D eigenvalue weighted by Gasteiger charge is 2.70. The third-order valence-corrected chi connectivity index (χ3v) is 9.93. The van der Waals surface area contributed by atoms with Crippen LogP contribution in [0, 0.1) is 11.8 Å². The molecule has 6 aliphatic rings. The fourth-order valence-corrected chi connectivity index (χ4v) is 8.39. The molecule has 2 aromatic rings. The third-order valence-electron chi connectivity index (χ3n) is 9.93. The molecule has 4 atom stereocenters. The number of aromatic amines is 1. The van der Waals surface area contributed by atoms with Gasteiger partial charge in [0.25, 0.3) is 0 Å². The van der Waals surface area contributed by atoms with Crippen LogP contribution >= 0.6 is 0 Å². The summed E-state index contributed by atoms with van der Waals surface area (Å²) in [7, 11) is 0. The second kappa shape index (κ2) is 5.65. The summed E-state index contributed by atoms with van der Waals surface area (Å²) in [5, 5.41) is 4.68. The van der Waals surface area contributed by atoms with E-state index in [9.17, 15) is 9.59 Å². The second-order valence-corrected chi connectivity index (χ2v) is 12.6. The van der Waals surface area contributed by atoms with Crippen molar-refractivity contribution in [2.75, 3.05) is 13.1 Å². The summed E-state index contributed by atoms with van der Waals surface area (Å²) in [6.45, 7) is 12.8. The van der Waals surface area contributed by atoms with Crippen LogP contribution in [0.15, 0.2) is 12.1 Å². The number of amides is 1. The molecule has 2 bridgehead atoms. The number of carbonyl (C=O) groups is 2. The van der Waals surface area contributed by atoms with Crippen LogP contribution in [0.5, 0.6) is 5.75 Å². The first kappa shape index (κ1) is 20.1. The number of rotatable bonds is 0. The molecule has 2 spiro atoms. The largest absolute Gasteiger partial charge is 0.487 e. The Morgan fingerprint density at radius 1 is 1.12 bits per heavy atom. The maximum atomic E-state index is 13.5. The standard InChI is InChI=1S/C27H33N3O3/c1-14-8-9-30-13-26-10-16-15-6-7-18-20(17(31)11-24(2,3)33-18)21(15)28-22(16)25(4,5)19(26)12-27(14,30)23(32)29-26/h6-7,14,19,28H,8-13H2,1-5H3,(H,29,32)/t14-,19-,26?,27+/m0/s1. The highest BCUT2D eigenvalue weighted by molar-refractivity contribution is 6.11. The fraction of sp³-hybridized carbons (Fsp3) is 0.630. The van der Waals surface area contributed by atoms with Gasteiger partial charge in [-0.3, -0.25) is 14.5 Å². The minimum absolute atomic E-state index is 0.140. The van der Waals surface area contributed by atoms with E-state index in [4.69, 9.17) is 4.74 Å². The van der Waals surface area contributed by atoms with Gasteiger partial charge in [-0.15, -0.1) is 0 Å². The lowest BCUT2D eigenvalue weighted by Crippen LogP contribution is -2.83. The highest BCUT2D eigenvalue weighted by Crippen LogP contribution is 2.60. The van der Waals surface area contributed by atoms with Crippen molar-refractivity contribution in [3.8, 4) is 5.75 Å². The summed E-state index contributed by atoms with van der Waals surface area (Å²) >= 11 is 0. The third kappa shape index (κ3) is 2.20.